The minimum absolute atomic E-state index is 0.0694. The fourth-order valence-electron chi connectivity index (χ4n) is 3.02. The van der Waals surface area contributed by atoms with E-state index in [2.05, 4.69) is 5.10 Å². The summed E-state index contributed by atoms with van der Waals surface area (Å²) in [7, 11) is -2.73. The van der Waals surface area contributed by atoms with Gasteiger partial charge in [0, 0.05) is 25.2 Å². The Morgan fingerprint density at radius 1 is 1.15 bits per heavy atom. The molecule has 1 aromatic carbocycles. The zero-order valence-electron chi connectivity index (χ0n) is 14.1. The molecule has 2 aromatic rings. The molecule has 1 saturated heterocycles. The van der Waals surface area contributed by atoms with Crippen LogP contribution in [0, 0.1) is 0 Å². The standard InChI is InChI=1S/C15H16ClF3N4O3S/c1-21-13(15(17,18)19)20-23(14(21)24)11-6-8-22(9-7-11)27(25,26)12-4-2-10(16)3-5-12/h2-5,11H,6-9H2,1H3. The van der Waals surface area contributed by atoms with Crippen LogP contribution in [0.15, 0.2) is 34.0 Å². The van der Waals surface area contributed by atoms with Crippen molar-refractivity contribution in [2.45, 2.75) is 30.0 Å². The van der Waals surface area contributed by atoms with Crippen molar-refractivity contribution < 1.29 is 21.6 Å². The molecule has 1 aliphatic rings. The molecule has 7 nitrogen and oxygen atoms in total. The smallest absolute Gasteiger partial charge is 0.274 e. The topological polar surface area (TPSA) is 77.2 Å². The lowest BCUT2D eigenvalue weighted by molar-refractivity contribution is -0.147. The summed E-state index contributed by atoms with van der Waals surface area (Å²) in [6.45, 7) is 0.139. The molecule has 2 heterocycles. The maximum atomic E-state index is 12.9. The number of halogens is 4. The Balaban J connectivity index is 1.78. The predicted octanol–water partition coefficient (Wildman–Crippen LogP) is 2.28. The van der Waals surface area contributed by atoms with Crippen LogP contribution in [0.3, 0.4) is 0 Å². The molecule has 0 N–H and O–H groups in total. The Bertz CT molecular complexity index is 991. The molecule has 1 aliphatic heterocycles. The van der Waals surface area contributed by atoms with Gasteiger partial charge in [0.2, 0.25) is 15.8 Å². The molecule has 0 atom stereocenters. The number of sulfonamides is 1. The van der Waals surface area contributed by atoms with Crippen molar-refractivity contribution in [2.24, 2.45) is 7.05 Å². The van der Waals surface area contributed by atoms with Gasteiger partial charge in [-0.2, -0.15) is 17.5 Å². The van der Waals surface area contributed by atoms with E-state index < -0.39 is 33.8 Å². The van der Waals surface area contributed by atoms with E-state index in [1.165, 1.54) is 28.6 Å². The second-order valence-electron chi connectivity index (χ2n) is 6.20. The minimum Gasteiger partial charge on any atom is -0.274 e. The fraction of sp³-hybridized carbons (Fsp3) is 0.467. The normalized spacial score (nSPS) is 17.4. The third kappa shape index (κ3) is 3.76. The van der Waals surface area contributed by atoms with Gasteiger partial charge >= 0.3 is 11.9 Å². The van der Waals surface area contributed by atoms with Crippen LogP contribution in [0.1, 0.15) is 24.7 Å². The van der Waals surface area contributed by atoms with E-state index in [4.69, 9.17) is 11.6 Å². The molecule has 1 fully saturated rings. The molecular formula is C15H16ClF3N4O3S. The molecule has 0 aliphatic carbocycles. The number of aromatic nitrogens is 3. The van der Waals surface area contributed by atoms with Crippen LogP contribution >= 0.6 is 11.6 Å². The van der Waals surface area contributed by atoms with Gasteiger partial charge in [0.15, 0.2) is 0 Å². The van der Waals surface area contributed by atoms with Crippen LogP contribution in [0.25, 0.3) is 0 Å². The third-order valence-corrected chi connectivity index (χ3v) is 6.64. The first-order valence-electron chi connectivity index (χ1n) is 8.00. The van der Waals surface area contributed by atoms with E-state index in [1.807, 2.05) is 0 Å². The molecule has 27 heavy (non-hydrogen) atoms. The van der Waals surface area contributed by atoms with Gasteiger partial charge in [-0.3, -0.25) is 4.57 Å². The third-order valence-electron chi connectivity index (χ3n) is 4.48. The van der Waals surface area contributed by atoms with Gasteiger partial charge in [-0.15, -0.1) is 5.10 Å². The van der Waals surface area contributed by atoms with Gasteiger partial charge in [0.25, 0.3) is 0 Å². The SMILES string of the molecule is Cn1c(C(F)(F)F)nn(C2CCN(S(=O)(=O)c3ccc(Cl)cc3)CC2)c1=O. The lowest BCUT2D eigenvalue weighted by Gasteiger charge is -2.30. The van der Waals surface area contributed by atoms with Crippen LogP contribution in [0.4, 0.5) is 13.2 Å². The average molecular weight is 425 g/mol. The molecule has 0 unspecified atom stereocenters. The number of rotatable bonds is 3. The van der Waals surface area contributed by atoms with E-state index in [0.29, 0.717) is 9.59 Å². The lowest BCUT2D eigenvalue weighted by Crippen LogP contribution is -2.41. The molecular weight excluding hydrogens is 409 g/mol. The summed E-state index contributed by atoms with van der Waals surface area (Å²) >= 11 is 5.77. The largest absolute Gasteiger partial charge is 0.451 e. The summed E-state index contributed by atoms with van der Waals surface area (Å²) in [4.78, 5) is 12.2. The fourth-order valence-corrected chi connectivity index (χ4v) is 4.62. The van der Waals surface area contributed by atoms with Crippen LogP contribution in [0.5, 0.6) is 0 Å². The zero-order chi connectivity index (χ0) is 20.0. The highest BCUT2D eigenvalue weighted by molar-refractivity contribution is 7.89. The molecule has 12 heteroatoms. The molecule has 0 spiro atoms. The van der Waals surface area contributed by atoms with Crippen molar-refractivity contribution >= 4 is 21.6 Å². The summed E-state index contributed by atoms with van der Waals surface area (Å²) in [5.41, 5.74) is -0.874. The Kier molecular flexibility index (Phi) is 5.12. The van der Waals surface area contributed by atoms with Crippen LogP contribution in [-0.4, -0.2) is 40.2 Å². The lowest BCUT2D eigenvalue weighted by atomic mass is 10.1. The first-order chi connectivity index (χ1) is 12.5. The molecule has 0 saturated carbocycles. The van der Waals surface area contributed by atoms with Crippen molar-refractivity contribution in [2.75, 3.05) is 13.1 Å². The molecule has 148 valence electrons. The Labute approximate surface area is 158 Å². The highest BCUT2D eigenvalue weighted by Crippen LogP contribution is 2.29. The van der Waals surface area contributed by atoms with Crippen molar-refractivity contribution in [1.82, 2.24) is 18.7 Å². The van der Waals surface area contributed by atoms with Gasteiger partial charge < -0.3 is 0 Å². The second kappa shape index (κ2) is 6.95. The van der Waals surface area contributed by atoms with Gasteiger partial charge in [0.05, 0.1) is 10.9 Å². The first kappa shape index (κ1) is 19.9. The highest BCUT2D eigenvalue weighted by atomic mass is 35.5. The van der Waals surface area contributed by atoms with Crippen molar-refractivity contribution in [3.8, 4) is 0 Å². The molecule has 0 bridgehead atoms. The van der Waals surface area contributed by atoms with Gasteiger partial charge in [-0.1, -0.05) is 11.6 Å². The van der Waals surface area contributed by atoms with Crippen LogP contribution < -0.4 is 5.69 Å². The Hall–Kier alpha value is -1.85. The van der Waals surface area contributed by atoms with Crippen molar-refractivity contribution in [3.05, 3.63) is 45.6 Å². The van der Waals surface area contributed by atoms with Gasteiger partial charge in [0.1, 0.15) is 0 Å². The van der Waals surface area contributed by atoms with E-state index in [1.54, 1.807) is 0 Å². The van der Waals surface area contributed by atoms with Crippen LogP contribution in [-0.2, 0) is 23.2 Å². The van der Waals surface area contributed by atoms with E-state index >= 15 is 0 Å². The Morgan fingerprint density at radius 2 is 1.70 bits per heavy atom. The van der Waals surface area contributed by atoms with Crippen LogP contribution in [0.2, 0.25) is 5.02 Å². The minimum atomic E-state index is -4.74. The first-order valence-corrected chi connectivity index (χ1v) is 9.82. The van der Waals surface area contributed by atoms with E-state index in [-0.39, 0.29) is 30.8 Å². The summed E-state index contributed by atoms with van der Waals surface area (Å²) in [6, 6.07) is 5.11. The number of nitrogens with zero attached hydrogens (tertiary/aromatic N) is 4. The molecule has 0 radical (unpaired) electrons. The monoisotopic (exact) mass is 424 g/mol. The summed E-state index contributed by atoms with van der Waals surface area (Å²) < 4.78 is 66.5. The number of hydrogen-bond donors (Lipinski definition) is 0. The van der Waals surface area contributed by atoms with Gasteiger partial charge in [-0.05, 0) is 37.1 Å². The maximum Gasteiger partial charge on any atom is 0.451 e. The quantitative estimate of drug-likeness (QED) is 0.757. The zero-order valence-corrected chi connectivity index (χ0v) is 15.7. The van der Waals surface area contributed by atoms with Gasteiger partial charge in [-0.25, -0.2) is 17.9 Å². The van der Waals surface area contributed by atoms with E-state index in [9.17, 15) is 26.4 Å². The summed E-state index contributed by atoms with van der Waals surface area (Å²) in [6.07, 6.45) is -4.38. The predicted molar refractivity (Wildman–Crippen MR) is 91.0 cm³/mol. The number of alkyl halides is 3. The molecule has 0 amide bonds. The maximum absolute atomic E-state index is 12.9. The summed E-state index contributed by atoms with van der Waals surface area (Å²) in [5, 5.41) is 3.82. The summed E-state index contributed by atoms with van der Waals surface area (Å²) in [5.74, 6) is -1.27. The number of benzene rings is 1. The highest BCUT2D eigenvalue weighted by Gasteiger charge is 2.39. The molecule has 3 rings (SSSR count). The second-order valence-corrected chi connectivity index (χ2v) is 8.57. The average Bonchev–Trinajstić information content (AvgIpc) is 2.91. The van der Waals surface area contributed by atoms with E-state index in [0.717, 1.165) is 11.7 Å². The van der Waals surface area contributed by atoms with Crippen molar-refractivity contribution in [1.29, 1.82) is 0 Å². The Morgan fingerprint density at radius 3 is 2.19 bits per heavy atom. The number of piperidine rings is 1. The van der Waals surface area contributed by atoms with Crippen molar-refractivity contribution in [3.63, 3.8) is 0 Å². The molecule has 1 aromatic heterocycles. The number of hydrogen-bond acceptors (Lipinski definition) is 4.